The average molecular weight is 248 g/mol. The van der Waals surface area contributed by atoms with Crippen LogP contribution in [0.1, 0.15) is 26.2 Å². The van der Waals surface area contributed by atoms with Crippen molar-refractivity contribution in [3.8, 4) is 0 Å². The maximum Gasteiger partial charge on any atom is 0.306 e. The van der Waals surface area contributed by atoms with Gasteiger partial charge in [-0.25, -0.2) is 0 Å². The van der Waals surface area contributed by atoms with Crippen LogP contribution in [0.3, 0.4) is 0 Å². The zero-order valence-corrected chi connectivity index (χ0v) is 10.8. The lowest BCUT2D eigenvalue weighted by atomic mass is 10.2. The van der Waals surface area contributed by atoms with E-state index in [-0.39, 0.29) is 24.6 Å². The molecule has 0 aliphatic carbocycles. The molecule has 0 aromatic rings. The zero-order valence-electron chi connectivity index (χ0n) is 9.99. The molecule has 0 heterocycles. The number of hydrogen-bond donors (Lipinski definition) is 0. The number of hydrogen-bond acceptors (Lipinski definition) is 5. The van der Waals surface area contributed by atoms with Crippen molar-refractivity contribution in [2.45, 2.75) is 26.2 Å². The van der Waals surface area contributed by atoms with Crippen LogP contribution in [0.15, 0.2) is 0 Å². The van der Waals surface area contributed by atoms with Crippen LogP contribution in [-0.2, 0) is 19.1 Å². The smallest absolute Gasteiger partial charge is 0.306 e. The highest BCUT2D eigenvalue weighted by atomic mass is 32.2. The molecule has 0 aliphatic heterocycles. The Bertz CT molecular complexity index is 206. The minimum absolute atomic E-state index is 0.107. The van der Waals surface area contributed by atoms with Crippen molar-refractivity contribution in [3.05, 3.63) is 0 Å². The number of carbonyl (C=O) groups is 2. The fourth-order valence-corrected chi connectivity index (χ4v) is 1.88. The first-order valence-corrected chi connectivity index (χ1v) is 6.60. The summed E-state index contributed by atoms with van der Waals surface area (Å²) in [5.74, 6) is 1.21. The molecule has 0 aromatic heterocycles. The van der Waals surface area contributed by atoms with Crippen LogP contribution in [0.4, 0.5) is 0 Å². The minimum atomic E-state index is -0.291. The molecule has 0 saturated heterocycles. The van der Waals surface area contributed by atoms with Crippen LogP contribution in [0.25, 0.3) is 0 Å². The van der Waals surface area contributed by atoms with E-state index in [0.717, 1.165) is 18.8 Å². The fourth-order valence-electron chi connectivity index (χ4n) is 1.04. The summed E-state index contributed by atoms with van der Waals surface area (Å²) >= 11 is 1.58. The molecule has 94 valence electrons. The van der Waals surface area contributed by atoms with Gasteiger partial charge in [-0.15, -0.1) is 0 Å². The number of ketones is 1. The third-order valence-corrected chi connectivity index (χ3v) is 2.92. The average Bonchev–Trinajstić information content (AvgIpc) is 2.26. The van der Waals surface area contributed by atoms with Crippen molar-refractivity contribution < 1.29 is 19.1 Å². The van der Waals surface area contributed by atoms with Gasteiger partial charge in [0.1, 0.15) is 5.78 Å². The molecule has 0 radical (unpaired) electrons. The Morgan fingerprint density at radius 3 is 2.62 bits per heavy atom. The molecule has 0 saturated carbocycles. The van der Waals surface area contributed by atoms with Gasteiger partial charge in [0.15, 0.2) is 0 Å². The molecule has 0 amide bonds. The second kappa shape index (κ2) is 11.0. The van der Waals surface area contributed by atoms with E-state index >= 15 is 0 Å². The summed E-state index contributed by atoms with van der Waals surface area (Å²) in [7, 11) is 1.66. The lowest BCUT2D eigenvalue weighted by molar-refractivity contribution is -0.144. The second-order valence-electron chi connectivity index (χ2n) is 3.24. The predicted octanol–water partition coefficient (Wildman–Crippen LogP) is 1.67. The van der Waals surface area contributed by atoms with Gasteiger partial charge in [-0.1, -0.05) is 0 Å². The Kier molecular flexibility index (Phi) is 10.6. The number of esters is 1. The highest BCUT2D eigenvalue weighted by molar-refractivity contribution is 7.99. The molecule has 5 heteroatoms. The summed E-state index contributed by atoms with van der Waals surface area (Å²) in [4.78, 5) is 22.3. The molecule has 16 heavy (non-hydrogen) atoms. The first kappa shape index (κ1) is 15.4. The SMILES string of the molecule is CCOC(=O)CCC(=O)CSCCCOC. The quantitative estimate of drug-likeness (QED) is 0.435. The molecule has 0 spiro atoms. The second-order valence-corrected chi connectivity index (χ2v) is 4.35. The highest BCUT2D eigenvalue weighted by Crippen LogP contribution is 2.05. The molecule has 0 atom stereocenters. The van der Waals surface area contributed by atoms with Gasteiger partial charge in [0.05, 0.1) is 18.8 Å². The van der Waals surface area contributed by atoms with Crippen molar-refractivity contribution in [3.63, 3.8) is 0 Å². The Labute approximate surface area is 101 Å². The number of methoxy groups -OCH3 is 1. The number of rotatable bonds is 10. The van der Waals surface area contributed by atoms with Crippen LogP contribution in [0.2, 0.25) is 0 Å². The van der Waals surface area contributed by atoms with Crippen LogP contribution >= 0.6 is 11.8 Å². The normalized spacial score (nSPS) is 10.1. The summed E-state index contributed by atoms with van der Waals surface area (Å²) in [5, 5.41) is 0. The van der Waals surface area contributed by atoms with Crippen molar-refractivity contribution in [1.29, 1.82) is 0 Å². The molecule has 0 N–H and O–H groups in total. The van der Waals surface area contributed by atoms with Gasteiger partial charge in [-0.05, 0) is 19.1 Å². The molecular weight excluding hydrogens is 228 g/mol. The van der Waals surface area contributed by atoms with Crippen LogP contribution in [0.5, 0.6) is 0 Å². The molecule has 0 rings (SSSR count). The summed E-state index contributed by atoms with van der Waals surface area (Å²) in [6.45, 7) is 2.86. The van der Waals surface area contributed by atoms with E-state index < -0.39 is 0 Å². The summed E-state index contributed by atoms with van der Waals surface area (Å²) in [6.07, 6.45) is 1.44. The van der Waals surface area contributed by atoms with Gasteiger partial charge in [0.2, 0.25) is 0 Å². The molecular formula is C11H20O4S. The predicted molar refractivity (Wildman–Crippen MR) is 64.7 cm³/mol. The summed E-state index contributed by atoms with van der Waals surface area (Å²) in [6, 6.07) is 0. The standard InChI is InChI=1S/C11H20O4S/c1-3-15-11(13)6-5-10(12)9-16-8-4-7-14-2/h3-9H2,1-2H3. The van der Waals surface area contributed by atoms with Gasteiger partial charge in [0.25, 0.3) is 0 Å². The topological polar surface area (TPSA) is 52.6 Å². The molecule has 0 bridgehead atoms. The van der Waals surface area contributed by atoms with Crippen LogP contribution < -0.4 is 0 Å². The molecule has 0 aliphatic rings. The van der Waals surface area contributed by atoms with Crippen molar-refractivity contribution >= 4 is 23.5 Å². The zero-order chi connectivity index (χ0) is 12.2. The van der Waals surface area contributed by atoms with Gasteiger partial charge in [-0.2, -0.15) is 11.8 Å². The van der Waals surface area contributed by atoms with Gasteiger partial charge in [0, 0.05) is 20.1 Å². The Morgan fingerprint density at radius 2 is 2.00 bits per heavy atom. The van der Waals surface area contributed by atoms with E-state index in [4.69, 9.17) is 9.47 Å². The van der Waals surface area contributed by atoms with Crippen molar-refractivity contribution in [2.75, 3.05) is 31.8 Å². The Balaban J connectivity index is 3.34. The molecule has 0 fully saturated rings. The van der Waals surface area contributed by atoms with Crippen molar-refractivity contribution in [1.82, 2.24) is 0 Å². The van der Waals surface area contributed by atoms with Gasteiger partial charge in [-0.3, -0.25) is 9.59 Å². The third-order valence-electron chi connectivity index (χ3n) is 1.81. The Morgan fingerprint density at radius 1 is 1.25 bits per heavy atom. The number of thioether (sulfide) groups is 1. The van der Waals surface area contributed by atoms with Crippen molar-refractivity contribution in [2.24, 2.45) is 0 Å². The largest absolute Gasteiger partial charge is 0.466 e. The third kappa shape index (κ3) is 9.98. The van der Waals surface area contributed by atoms with E-state index in [1.54, 1.807) is 25.8 Å². The van der Waals surface area contributed by atoms with E-state index in [1.807, 2.05) is 0 Å². The van der Waals surface area contributed by atoms with E-state index in [1.165, 1.54) is 0 Å². The number of Topliss-reactive ketones (excluding diaryl/α,β-unsaturated/α-hetero) is 1. The lowest BCUT2D eigenvalue weighted by Crippen LogP contribution is -2.09. The first-order valence-electron chi connectivity index (χ1n) is 5.44. The summed E-state index contributed by atoms with van der Waals surface area (Å²) < 4.78 is 9.63. The van der Waals surface area contributed by atoms with E-state index in [0.29, 0.717) is 12.4 Å². The van der Waals surface area contributed by atoms with Crippen LogP contribution in [0, 0.1) is 0 Å². The van der Waals surface area contributed by atoms with Gasteiger partial charge < -0.3 is 9.47 Å². The number of ether oxygens (including phenoxy) is 2. The Hall–Kier alpha value is -0.550. The van der Waals surface area contributed by atoms with Gasteiger partial charge >= 0.3 is 5.97 Å². The highest BCUT2D eigenvalue weighted by Gasteiger charge is 2.07. The maximum atomic E-state index is 11.3. The summed E-state index contributed by atoms with van der Waals surface area (Å²) in [5.41, 5.74) is 0. The lowest BCUT2D eigenvalue weighted by Gasteiger charge is -2.02. The fraction of sp³-hybridized carbons (Fsp3) is 0.818. The number of carbonyl (C=O) groups excluding carboxylic acids is 2. The first-order chi connectivity index (χ1) is 7.70. The molecule has 0 aromatic carbocycles. The van der Waals surface area contributed by atoms with Crippen LogP contribution in [-0.4, -0.2) is 43.6 Å². The molecule has 0 unspecified atom stereocenters. The molecule has 4 nitrogen and oxygen atoms in total. The minimum Gasteiger partial charge on any atom is -0.466 e. The van der Waals surface area contributed by atoms with E-state index in [2.05, 4.69) is 0 Å². The maximum absolute atomic E-state index is 11.3. The van der Waals surface area contributed by atoms with E-state index in [9.17, 15) is 9.59 Å². The monoisotopic (exact) mass is 248 g/mol.